The maximum Gasteiger partial charge on any atom is 0.157 e. The van der Waals surface area contributed by atoms with Crippen LogP contribution in [0.3, 0.4) is 0 Å². The molecular weight excluding hydrogens is 460 g/mol. The Kier molecular flexibility index (Phi) is 26.3. The summed E-state index contributed by atoms with van der Waals surface area (Å²) < 4.78 is 54.7. The van der Waals surface area contributed by atoms with Gasteiger partial charge in [0.05, 0.1) is 106 Å². The standard InChI is InChI=1S/C25H50O10/c1-2-3-7-26-9-10-27-11-12-28-13-14-29-15-16-30-17-18-31-19-20-32-21-22-33-23-24-35-25-6-4-5-8-34-25/h25H,2-24H2,1H3. The highest BCUT2D eigenvalue weighted by molar-refractivity contribution is 4.53. The van der Waals surface area contributed by atoms with Crippen LogP contribution < -0.4 is 0 Å². The number of hydrogen-bond acceptors (Lipinski definition) is 10. The van der Waals surface area contributed by atoms with E-state index in [9.17, 15) is 0 Å². The second-order valence-electron chi connectivity index (χ2n) is 7.92. The van der Waals surface area contributed by atoms with Crippen molar-refractivity contribution in [3.05, 3.63) is 0 Å². The van der Waals surface area contributed by atoms with Crippen molar-refractivity contribution in [3.63, 3.8) is 0 Å². The molecule has 1 atom stereocenters. The molecule has 1 saturated heterocycles. The lowest BCUT2D eigenvalue weighted by Crippen LogP contribution is -2.24. The van der Waals surface area contributed by atoms with E-state index in [4.69, 9.17) is 47.4 Å². The van der Waals surface area contributed by atoms with Gasteiger partial charge >= 0.3 is 0 Å². The Balaban J connectivity index is 1.61. The molecule has 0 bridgehead atoms. The fraction of sp³-hybridized carbons (Fsp3) is 1.00. The van der Waals surface area contributed by atoms with E-state index in [0.29, 0.717) is 106 Å². The minimum absolute atomic E-state index is 0.0567. The fourth-order valence-electron chi connectivity index (χ4n) is 2.97. The second-order valence-corrected chi connectivity index (χ2v) is 7.92. The SMILES string of the molecule is CCCCOCCOCCOCCOCCOCCOCCOCCOCCOC1CCCCO1. The molecule has 0 aromatic carbocycles. The van der Waals surface area contributed by atoms with E-state index in [1.54, 1.807) is 0 Å². The molecule has 0 radical (unpaired) electrons. The van der Waals surface area contributed by atoms with E-state index in [0.717, 1.165) is 38.9 Å². The van der Waals surface area contributed by atoms with Gasteiger partial charge in [0.2, 0.25) is 0 Å². The van der Waals surface area contributed by atoms with Crippen molar-refractivity contribution in [1.82, 2.24) is 0 Å². The van der Waals surface area contributed by atoms with Crippen LogP contribution in [0.1, 0.15) is 39.0 Å². The van der Waals surface area contributed by atoms with Crippen LogP contribution in [0.2, 0.25) is 0 Å². The van der Waals surface area contributed by atoms with Gasteiger partial charge in [-0.1, -0.05) is 13.3 Å². The smallest absolute Gasteiger partial charge is 0.157 e. The highest BCUT2D eigenvalue weighted by atomic mass is 16.7. The lowest BCUT2D eigenvalue weighted by molar-refractivity contribution is -0.169. The molecule has 10 heteroatoms. The maximum absolute atomic E-state index is 5.60. The van der Waals surface area contributed by atoms with Gasteiger partial charge in [0, 0.05) is 13.2 Å². The van der Waals surface area contributed by atoms with Crippen LogP contribution in [0.15, 0.2) is 0 Å². The van der Waals surface area contributed by atoms with Crippen LogP contribution in [0.5, 0.6) is 0 Å². The zero-order valence-electron chi connectivity index (χ0n) is 21.9. The van der Waals surface area contributed by atoms with Crippen LogP contribution >= 0.6 is 0 Å². The summed E-state index contributed by atoms with van der Waals surface area (Å²) >= 11 is 0. The first-order valence-electron chi connectivity index (χ1n) is 13.3. The van der Waals surface area contributed by atoms with E-state index >= 15 is 0 Å². The monoisotopic (exact) mass is 510 g/mol. The van der Waals surface area contributed by atoms with Gasteiger partial charge < -0.3 is 47.4 Å². The minimum atomic E-state index is -0.0567. The first-order chi connectivity index (χ1) is 17.4. The third-order valence-corrected chi connectivity index (χ3v) is 4.92. The lowest BCUT2D eigenvalue weighted by atomic mass is 10.2. The Hall–Kier alpha value is -0.400. The minimum Gasteiger partial charge on any atom is -0.379 e. The predicted molar refractivity (Wildman–Crippen MR) is 131 cm³/mol. The Labute approximate surface area is 212 Å². The van der Waals surface area contributed by atoms with E-state index in [-0.39, 0.29) is 6.29 Å². The summed E-state index contributed by atoms with van der Waals surface area (Å²) in [6, 6.07) is 0. The van der Waals surface area contributed by atoms with Crippen LogP contribution in [-0.2, 0) is 47.4 Å². The molecular formula is C25H50O10. The van der Waals surface area contributed by atoms with Crippen molar-refractivity contribution in [2.45, 2.75) is 45.3 Å². The molecule has 0 spiro atoms. The largest absolute Gasteiger partial charge is 0.379 e. The Morgan fingerprint density at radius 3 is 1.20 bits per heavy atom. The molecule has 1 heterocycles. The summed E-state index contributed by atoms with van der Waals surface area (Å²) in [7, 11) is 0. The van der Waals surface area contributed by atoms with Gasteiger partial charge in [-0.3, -0.25) is 0 Å². The highest BCUT2D eigenvalue weighted by Gasteiger charge is 2.13. The fourth-order valence-corrected chi connectivity index (χ4v) is 2.97. The molecule has 210 valence electrons. The summed E-state index contributed by atoms with van der Waals surface area (Å²) in [5, 5.41) is 0. The van der Waals surface area contributed by atoms with Gasteiger partial charge in [-0.25, -0.2) is 0 Å². The van der Waals surface area contributed by atoms with Crippen molar-refractivity contribution < 1.29 is 47.4 Å². The third kappa shape index (κ3) is 25.0. The van der Waals surface area contributed by atoms with Gasteiger partial charge in [0.25, 0.3) is 0 Å². The molecule has 0 aromatic rings. The van der Waals surface area contributed by atoms with Gasteiger partial charge in [0.1, 0.15) is 0 Å². The molecule has 0 N–H and O–H groups in total. The summed E-state index contributed by atoms with van der Waals surface area (Å²) in [4.78, 5) is 0. The zero-order valence-corrected chi connectivity index (χ0v) is 21.9. The quantitative estimate of drug-likeness (QED) is 0.146. The van der Waals surface area contributed by atoms with Crippen LogP contribution in [0, 0.1) is 0 Å². The molecule has 35 heavy (non-hydrogen) atoms. The topological polar surface area (TPSA) is 92.3 Å². The van der Waals surface area contributed by atoms with E-state index in [1.807, 2.05) is 0 Å². The normalized spacial score (nSPS) is 16.2. The molecule has 1 aliphatic rings. The van der Waals surface area contributed by atoms with Crippen molar-refractivity contribution in [2.24, 2.45) is 0 Å². The summed E-state index contributed by atoms with van der Waals surface area (Å²) in [5.74, 6) is 0. The lowest BCUT2D eigenvalue weighted by Gasteiger charge is -2.22. The van der Waals surface area contributed by atoms with E-state index < -0.39 is 0 Å². The average molecular weight is 511 g/mol. The van der Waals surface area contributed by atoms with Crippen molar-refractivity contribution >= 4 is 0 Å². The predicted octanol–water partition coefficient (Wildman–Crippen LogP) is 2.46. The summed E-state index contributed by atoms with van der Waals surface area (Å²) in [6.07, 6.45) is 5.47. The summed E-state index contributed by atoms with van der Waals surface area (Å²) in [6.45, 7) is 12.7. The maximum atomic E-state index is 5.60. The number of rotatable bonds is 28. The first-order valence-corrected chi connectivity index (χ1v) is 13.3. The first kappa shape index (κ1) is 32.6. The zero-order chi connectivity index (χ0) is 24.9. The Morgan fingerprint density at radius 1 is 0.486 bits per heavy atom. The number of unbranched alkanes of at least 4 members (excludes halogenated alkanes) is 1. The molecule has 0 saturated carbocycles. The molecule has 1 fully saturated rings. The molecule has 1 unspecified atom stereocenters. The van der Waals surface area contributed by atoms with Gasteiger partial charge in [0.15, 0.2) is 6.29 Å². The van der Waals surface area contributed by atoms with Crippen molar-refractivity contribution in [3.8, 4) is 0 Å². The van der Waals surface area contributed by atoms with Crippen LogP contribution in [0.4, 0.5) is 0 Å². The Morgan fingerprint density at radius 2 is 0.857 bits per heavy atom. The third-order valence-electron chi connectivity index (χ3n) is 4.92. The molecule has 1 rings (SSSR count). The van der Waals surface area contributed by atoms with E-state index in [2.05, 4.69) is 6.92 Å². The van der Waals surface area contributed by atoms with Gasteiger partial charge in [-0.2, -0.15) is 0 Å². The Bertz CT molecular complexity index is 396. The summed E-state index contributed by atoms with van der Waals surface area (Å²) in [5.41, 5.74) is 0. The number of ether oxygens (including phenoxy) is 10. The van der Waals surface area contributed by atoms with Gasteiger partial charge in [-0.15, -0.1) is 0 Å². The average Bonchev–Trinajstić information content (AvgIpc) is 2.89. The second kappa shape index (κ2) is 28.2. The molecule has 0 aliphatic carbocycles. The van der Waals surface area contributed by atoms with Crippen LogP contribution in [0.25, 0.3) is 0 Å². The highest BCUT2D eigenvalue weighted by Crippen LogP contribution is 2.13. The van der Waals surface area contributed by atoms with Gasteiger partial charge in [-0.05, 0) is 25.7 Å². The van der Waals surface area contributed by atoms with Crippen molar-refractivity contribution in [1.29, 1.82) is 0 Å². The van der Waals surface area contributed by atoms with E-state index in [1.165, 1.54) is 6.42 Å². The number of hydrogen-bond donors (Lipinski definition) is 0. The molecule has 1 aliphatic heterocycles. The van der Waals surface area contributed by atoms with Crippen LogP contribution in [-0.4, -0.2) is 125 Å². The molecule has 0 amide bonds. The molecule has 0 aromatic heterocycles. The molecule has 10 nitrogen and oxygen atoms in total. The van der Waals surface area contributed by atoms with Crippen molar-refractivity contribution in [2.75, 3.05) is 119 Å².